The number of amidine groups is 1. The number of hydrogen-bond acceptors (Lipinski definition) is 2. The maximum absolute atomic E-state index is 13.5. The quantitative estimate of drug-likeness (QED) is 0.669. The first kappa shape index (κ1) is 13.5. The minimum absolute atomic E-state index is 0.0334. The van der Waals surface area contributed by atoms with E-state index < -0.39 is 5.82 Å². The van der Waals surface area contributed by atoms with Gasteiger partial charge in [-0.3, -0.25) is 5.41 Å². The molecule has 0 aliphatic rings. The average Bonchev–Trinajstić information content (AvgIpc) is 2.40. The third kappa shape index (κ3) is 3.32. The number of benzene rings is 2. The standard InChI is InChI=1S/C14H12BrFN2O/c15-10-5-6-12(16)13(7-10)19-8-9-3-1-2-4-11(9)14(17)18/h1-7H,8H2,(H3,17,18). The van der Waals surface area contributed by atoms with Crippen LogP contribution in [0.5, 0.6) is 5.75 Å². The zero-order valence-electron chi connectivity index (χ0n) is 9.99. The molecular weight excluding hydrogens is 311 g/mol. The van der Waals surface area contributed by atoms with Gasteiger partial charge in [-0.05, 0) is 18.2 Å². The van der Waals surface area contributed by atoms with Gasteiger partial charge in [0.2, 0.25) is 0 Å². The fourth-order valence-corrected chi connectivity index (χ4v) is 1.99. The van der Waals surface area contributed by atoms with E-state index >= 15 is 0 Å². The van der Waals surface area contributed by atoms with Crippen molar-refractivity contribution in [3.63, 3.8) is 0 Å². The van der Waals surface area contributed by atoms with Crippen LogP contribution in [0, 0.1) is 11.2 Å². The third-order valence-corrected chi connectivity index (χ3v) is 3.08. The summed E-state index contributed by atoms with van der Waals surface area (Å²) in [5.74, 6) is -0.301. The van der Waals surface area contributed by atoms with Crippen LogP contribution in [0.2, 0.25) is 0 Å². The molecule has 0 saturated heterocycles. The van der Waals surface area contributed by atoms with Crippen LogP contribution in [0.1, 0.15) is 11.1 Å². The van der Waals surface area contributed by atoms with Gasteiger partial charge in [-0.15, -0.1) is 0 Å². The van der Waals surface area contributed by atoms with Crippen molar-refractivity contribution in [2.75, 3.05) is 0 Å². The lowest BCUT2D eigenvalue weighted by atomic mass is 10.1. The molecule has 2 aromatic carbocycles. The molecule has 0 aromatic heterocycles. The van der Waals surface area contributed by atoms with Crippen molar-refractivity contribution in [1.82, 2.24) is 0 Å². The topological polar surface area (TPSA) is 59.1 Å². The molecule has 2 aromatic rings. The summed E-state index contributed by atoms with van der Waals surface area (Å²) in [6, 6.07) is 11.6. The molecule has 98 valence electrons. The number of halogens is 2. The molecule has 0 bridgehead atoms. The van der Waals surface area contributed by atoms with Gasteiger partial charge in [-0.1, -0.05) is 40.2 Å². The zero-order chi connectivity index (χ0) is 13.8. The molecule has 3 N–H and O–H groups in total. The molecule has 0 atom stereocenters. The van der Waals surface area contributed by atoms with Gasteiger partial charge in [0.05, 0.1) is 0 Å². The van der Waals surface area contributed by atoms with E-state index in [1.54, 1.807) is 30.3 Å². The summed E-state index contributed by atoms with van der Waals surface area (Å²) in [6.45, 7) is 0.156. The highest BCUT2D eigenvalue weighted by Crippen LogP contribution is 2.23. The van der Waals surface area contributed by atoms with E-state index in [2.05, 4.69) is 15.9 Å². The Morgan fingerprint density at radius 3 is 2.74 bits per heavy atom. The predicted octanol–water partition coefficient (Wildman–Crippen LogP) is 3.45. The minimum atomic E-state index is -0.427. The van der Waals surface area contributed by atoms with E-state index in [9.17, 15) is 4.39 Å². The van der Waals surface area contributed by atoms with E-state index in [0.29, 0.717) is 5.56 Å². The second-order valence-electron chi connectivity index (χ2n) is 3.93. The number of nitrogens with two attached hydrogens (primary N) is 1. The van der Waals surface area contributed by atoms with Crippen molar-refractivity contribution < 1.29 is 9.13 Å². The Kier molecular flexibility index (Phi) is 4.16. The molecule has 0 spiro atoms. The molecule has 0 radical (unpaired) electrons. The summed E-state index contributed by atoms with van der Waals surface area (Å²) in [5.41, 5.74) is 6.82. The Hall–Kier alpha value is -1.88. The van der Waals surface area contributed by atoms with Crippen molar-refractivity contribution in [2.24, 2.45) is 5.73 Å². The second-order valence-corrected chi connectivity index (χ2v) is 4.85. The SMILES string of the molecule is N=C(N)c1ccccc1COc1cc(Br)ccc1F. The number of rotatable bonds is 4. The lowest BCUT2D eigenvalue weighted by molar-refractivity contribution is 0.290. The molecule has 0 heterocycles. The van der Waals surface area contributed by atoms with Crippen molar-refractivity contribution in [1.29, 1.82) is 5.41 Å². The van der Waals surface area contributed by atoms with Gasteiger partial charge in [-0.25, -0.2) is 4.39 Å². The van der Waals surface area contributed by atoms with Crippen LogP contribution in [0.3, 0.4) is 0 Å². The highest BCUT2D eigenvalue weighted by atomic mass is 79.9. The van der Waals surface area contributed by atoms with Gasteiger partial charge in [0.15, 0.2) is 11.6 Å². The molecule has 19 heavy (non-hydrogen) atoms. The molecule has 3 nitrogen and oxygen atoms in total. The summed E-state index contributed by atoms with van der Waals surface area (Å²) in [7, 11) is 0. The number of nitrogen functional groups attached to an aromatic ring is 1. The summed E-state index contributed by atoms with van der Waals surface area (Å²) >= 11 is 3.26. The van der Waals surface area contributed by atoms with Gasteiger partial charge in [-0.2, -0.15) is 0 Å². The summed E-state index contributed by atoms with van der Waals surface area (Å²) in [5, 5.41) is 7.48. The maximum Gasteiger partial charge on any atom is 0.165 e. The average molecular weight is 323 g/mol. The molecule has 0 unspecified atom stereocenters. The molecule has 0 aliphatic heterocycles. The Bertz CT molecular complexity index is 616. The van der Waals surface area contributed by atoms with Crippen LogP contribution in [0.15, 0.2) is 46.9 Å². The number of nitrogens with one attached hydrogen (secondary N) is 1. The van der Waals surface area contributed by atoms with Gasteiger partial charge < -0.3 is 10.5 Å². The fourth-order valence-electron chi connectivity index (χ4n) is 1.65. The summed E-state index contributed by atoms with van der Waals surface area (Å²) < 4.78 is 19.7. The number of hydrogen-bond donors (Lipinski definition) is 2. The molecule has 0 fully saturated rings. The molecule has 0 aliphatic carbocycles. The first-order chi connectivity index (χ1) is 9.08. The first-order valence-corrected chi connectivity index (χ1v) is 6.37. The van der Waals surface area contributed by atoms with Crippen molar-refractivity contribution in [2.45, 2.75) is 6.61 Å². The lowest BCUT2D eigenvalue weighted by Crippen LogP contribution is -2.14. The highest BCUT2D eigenvalue weighted by Gasteiger charge is 2.08. The predicted molar refractivity (Wildman–Crippen MR) is 75.9 cm³/mol. The summed E-state index contributed by atoms with van der Waals surface area (Å²) in [6.07, 6.45) is 0. The number of ether oxygens (including phenoxy) is 1. The monoisotopic (exact) mass is 322 g/mol. The Morgan fingerprint density at radius 1 is 1.26 bits per heavy atom. The van der Waals surface area contributed by atoms with Crippen LogP contribution in [0.4, 0.5) is 4.39 Å². The molecule has 5 heteroatoms. The Morgan fingerprint density at radius 2 is 2.00 bits per heavy atom. The van der Waals surface area contributed by atoms with Gasteiger partial charge in [0.1, 0.15) is 12.4 Å². The van der Waals surface area contributed by atoms with E-state index in [-0.39, 0.29) is 18.2 Å². The van der Waals surface area contributed by atoms with Crippen molar-refractivity contribution >= 4 is 21.8 Å². The Labute approximate surface area is 118 Å². The van der Waals surface area contributed by atoms with Gasteiger partial charge >= 0.3 is 0 Å². The smallest absolute Gasteiger partial charge is 0.165 e. The minimum Gasteiger partial charge on any atom is -0.486 e. The molecule has 2 rings (SSSR count). The normalized spacial score (nSPS) is 10.2. The van der Waals surface area contributed by atoms with E-state index in [4.69, 9.17) is 15.9 Å². The van der Waals surface area contributed by atoms with Crippen LogP contribution in [-0.2, 0) is 6.61 Å². The van der Waals surface area contributed by atoms with Crippen LogP contribution >= 0.6 is 15.9 Å². The van der Waals surface area contributed by atoms with Gasteiger partial charge in [0, 0.05) is 15.6 Å². The van der Waals surface area contributed by atoms with Crippen molar-refractivity contribution in [3.05, 3.63) is 63.9 Å². The lowest BCUT2D eigenvalue weighted by Gasteiger charge is -2.11. The van der Waals surface area contributed by atoms with E-state index in [0.717, 1.165) is 10.0 Å². The third-order valence-electron chi connectivity index (χ3n) is 2.58. The Balaban J connectivity index is 2.19. The largest absolute Gasteiger partial charge is 0.486 e. The maximum atomic E-state index is 13.5. The van der Waals surface area contributed by atoms with Gasteiger partial charge in [0.25, 0.3) is 0 Å². The van der Waals surface area contributed by atoms with Crippen LogP contribution in [-0.4, -0.2) is 5.84 Å². The second kappa shape index (κ2) is 5.84. The van der Waals surface area contributed by atoms with Crippen LogP contribution in [0.25, 0.3) is 0 Å². The molecular formula is C14H12BrFN2O. The zero-order valence-corrected chi connectivity index (χ0v) is 11.6. The highest BCUT2D eigenvalue weighted by molar-refractivity contribution is 9.10. The van der Waals surface area contributed by atoms with E-state index in [1.165, 1.54) is 6.07 Å². The van der Waals surface area contributed by atoms with Crippen LogP contribution < -0.4 is 10.5 Å². The molecule has 0 amide bonds. The van der Waals surface area contributed by atoms with Crippen molar-refractivity contribution in [3.8, 4) is 5.75 Å². The summed E-state index contributed by atoms with van der Waals surface area (Å²) in [4.78, 5) is 0. The van der Waals surface area contributed by atoms with E-state index in [1.807, 2.05) is 6.07 Å². The fraction of sp³-hybridized carbons (Fsp3) is 0.0714. The molecule has 0 saturated carbocycles. The first-order valence-electron chi connectivity index (χ1n) is 5.58.